The van der Waals surface area contributed by atoms with E-state index in [1.165, 1.54) is 0 Å². The molecule has 0 unspecified atom stereocenters. The number of amides is 2. The number of hydrogen-bond acceptors (Lipinski definition) is 3. The van der Waals surface area contributed by atoms with E-state index < -0.39 is 0 Å². The quantitative estimate of drug-likeness (QED) is 0.580. The lowest BCUT2D eigenvalue weighted by Gasteiger charge is -2.13. The molecule has 25 heavy (non-hydrogen) atoms. The average molecular weight is 454 g/mol. The third-order valence-electron chi connectivity index (χ3n) is 3.43. The first-order valence-electron chi connectivity index (χ1n) is 8.32. The summed E-state index contributed by atoms with van der Waals surface area (Å²) in [5, 5.41) is 5.72. The van der Waals surface area contributed by atoms with Gasteiger partial charge < -0.3 is 20.1 Å². The molecule has 0 aliphatic carbocycles. The van der Waals surface area contributed by atoms with Crippen molar-refractivity contribution in [2.75, 3.05) is 25.1 Å². The first-order chi connectivity index (χ1) is 12.1. The largest absolute Gasteiger partial charge is 0.490 e. The second-order valence-corrected chi connectivity index (χ2v) is 6.42. The molecule has 0 saturated carbocycles. The number of rotatable bonds is 8. The first kappa shape index (κ1) is 19.4. The lowest BCUT2D eigenvalue weighted by Crippen LogP contribution is -2.30. The zero-order valence-corrected chi connectivity index (χ0v) is 16.6. The molecule has 2 aromatic rings. The van der Waals surface area contributed by atoms with Crippen LogP contribution in [0.4, 0.5) is 10.5 Å². The Morgan fingerprint density at radius 2 is 1.76 bits per heavy atom. The summed E-state index contributed by atoms with van der Waals surface area (Å²) in [7, 11) is 0. The standard InChI is InChI=1S/C19H23IN2O3/c1-3-24-17-10-9-14(13-18(17)25-4-2)11-12-21-19(23)22-16-8-6-5-7-15(16)20/h5-10,13H,3-4,11-12H2,1-2H3,(H2,21,22,23). The number of anilines is 1. The minimum absolute atomic E-state index is 0.208. The van der Waals surface area contributed by atoms with E-state index in [4.69, 9.17) is 9.47 Å². The van der Waals surface area contributed by atoms with E-state index in [9.17, 15) is 4.79 Å². The summed E-state index contributed by atoms with van der Waals surface area (Å²) < 4.78 is 12.2. The summed E-state index contributed by atoms with van der Waals surface area (Å²) in [5.74, 6) is 1.49. The Bertz CT molecular complexity index is 707. The topological polar surface area (TPSA) is 59.6 Å². The van der Waals surface area contributed by atoms with Gasteiger partial charge in [-0.1, -0.05) is 18.2 Å². The number of halogens is 1. The number of hydrogen-bond donors (Lipinski definition) is 2. The maximum atomic E-state index is 12.0. The molecule has 0 radical (unpaired) electrons. The van der Waals surface area contributed by atoms with E-state index in [-0.39, 0.29) is 6.03 Å². The highest BCUT2D eigenvalue weighted by molar-refractivity contribution is 14.1. The van der Waals surface area contributed by atoms with E-state index in [0.717, 1.165) is 26.3 Å². The molecule has 0 saturated heterocycles. The predicted octanol–water partition coefficient (Wildman–Crippen LogP) is 4.45. The molecule has 5 nitrogen and oxygen atoms in total. The number of carbonyl (C=O) groups excluding carboxylic acids is 1. The van der Waals surface area contributed by atoms with Crippen molar-refractivity contribution in [2.24, 2.45) is 0 Å². The van der Waals surface area contributed by atoms with Crippen LogP contribution in [-0.2, 0) is 6.42 Å². The maximum Gasteiger partial charge on any atom is 0.319 e. The Labute approximate surface area is 162 Å². The molecule has 2 amide bonds. The lowest BCUT2D eigenvalue weighted by atomic mass is 10.1. The number of urea groups is 1. The van der Waals surface area contributed by atoms with Gasteiger partial charge in [0.25, 0.3) is 0 Å². The number of ether oxygens (including phenoxy) is 2. The Balaban J connectivity index is 1.87. The number of benzene rings is 2. The van der Waals surface area contributed by atoms with Crippen LogP contribution in [0.5, 0.6) is 11.5 Å². The molecule has 0 aliphatic rings. The van der Waals surface area contributed by atoms with Gasteiger partial charge in [-0.15, -0.1) is 0 Å². The number of carbonyl (C=O) groups is 1. The molecule has 0 bridgehead atoms. The number of para-hydroxylation sites is 1. The monoisotopic (exact) mass is 454 g/mol. The van der Waals surface area contributed by atoms with Crippen LogP contribution in [0.2, 0.25) is 0 Å². The molecular formula is C19H23IN2O3. The third kappa shape index (κ3) is 6.12. The van der Waals surface area contributed by atoms with Crippen molar-refractivity contribution in [2.45, 2.75) is 20.3 Å². The van der Waals surface area contributed by atoms with Crippen molar-refractivity contribution in [1.82, 2.24) is 5.32 Å². The summed E-state index contributed by atoms with van der Waals surface area (Å²) in [6.07, 6.45) is 0.714. The fraction of sp³-hybridized carbons (Fsp3) is 0.316. The van der Waals surface area contributed by atoms with Gasteiger partial charge in [-0.05, 0) is 72.7 Å². The Hall–Kier alpha value is -1.96. The van der Waals surface area contributed by atoms with E-state index >= 15 is 0 Å². The average Bonchev–Trinajstić information content (AvgIpc) is 2.59. The van der Waals surface area contributed by atoms with E-state index in [2.05, 4.69) is 33.2 Å². The van der Waals surface area contributed by atoms with Crippen LogP contribution in [0, 0.1) is 3.57 Å². The molecule has 6 heteroatoms. The maximum absolute atomic E-state index is 12.0. The van der Waals surface area contributed by atoms with Gasteiger partial charge in [0.1, 0.15) is 0 Å². The van der Waals surface area contributed by atoms with Crippen LogP contribution >= 0.6 is 22.6 Å². The van der Waals surface area contributed by atoms with Gasteiger partial charge >= 0.3 is 6.03 Å². The third-order valence-corrected chi connectivity index (χ3v) is 4.37. The summed E-state index contributed by atoms with van der Waals surface area (Å²) in [6, 6.07) is 13.3. The van der Waals surface area contributed by atoms with Gasteiger partial charge in [0.05, 0.1) is 18.9 Å². The van der Waals surface area contributed by atoms with E-state index in [0.29, 0.717) is 26.2 Å². The highest BCUT2D eigenvalue weighted by Crippen LogP contribution is 2.28. The summed E-state index contributed by atoms with van der Waals surface area (Å²) >= 11 is 2.19. The number of nitrogens with one attached hydrogen (secondary N) is 2. The van der Waals surface area contributed by atoms with Crippen molar-refractivity contribution in [1.29, 1.82) is 0 Å². The molecule has 2 rings (SSSR count). The second-order valence-electron chi connectivity index (χ2n) is 5.26. The molecule has 0 heterocycles. The normalized spacial score (nSPS) is 10.2. The highest BCUT2D eigenvalue weighted by atomic mass is 127. The molecule has 0 aliphatic heterocycles. The van der Waals surface area contributed by atoms with Crippen LogP contribution in [0.15, 0.2) is 42.5 Å². The van der Waals surface area contributed by atoms with Crippen molar-refractivity contribution in [3.8, 4) is 11.5 Å². The van der Waals surface area contributed by atoms with Crippen LogP contribution in [0.25, 0.3) is 0 Å². The zero-order valence-electron chi connectivity index (χ0n) is 14.5. The minimum Gasteiger partial charge on any atom is -0.490 e. The molecule has 2 aromatic carbocycles. The Morgan fingerprint density at radius 3 is 2.48 bits per heavy atom. The van der Waals surface area contributed by atoms with Crippen LogP contribution in [0.3, 0.4) is 0 Å². The van der Waals surface area contributed by atoms with Gasteiger partial charge in [-0.2, -0.15) is 0 Å². The SMILES string of the molecule is CCOc1ccc(CCNC(=O)Nc2ccccc2I)cc1OCC. The fourth-order valence-electron chi connectivity index (χ4n) is 2.30. The van der Waals surface area contributed by atoms with Crippen LogP contribution in [-0.4, -0.2) is 25.8 Å². The zero-order chi connectivity index (χ0) is 18.1. The van der Waals surface area contributed by atoms with Gasteiger partial charge in [-0.25, -0.2) is 4.79 Å². The smallest absolute Gasteiger partial charge is 0.319 e. The van der Waals surface area contributed by atoms with Crippen molar-refractivity contribution < 1.29 is 14.3 Å². The highest BCUT2D eigenvalue weighted by Gasteiger charge is 2.07. The molecule has 0 atom stereocenters. The summed E-state index contributed by atoms with van der Waals surface area (Å²) in [6.45, 7) is 5.60. The fourth-order valence-corrected chi connectivity index (χ4v) is 2.82. The molecule has 0 aromatic heterocycles. The van der Waals surface area contributed by atoms with Crippen LogP contribution < -0.4 is 20.1 Å². The van der Waals surface area contributed by atoms with Crippen molar-refractivity contribution in [3.05, 3.63) is 51.6 Å². The van der Waals surface area contributed by atoms with E-state index in [1.807, 2.05) is 56.3 Å². The van der Waals surface area contributed by atoms with Gasteiger partial charge in [-0.3, -0.25) is 0 Å². The van der Waals surface area contributed by atoms with Crippen molar-refractivity contribution in [3.63, 3.8) is 0 Å². The van der Waals surface area contributed by atoms with E-state index in [1.54, 1.807) is 0 Å². The summed E-state index contributed by atoms with van der Waals surface area (Å²) in [4.78, 5) is 12.0. The van der Waals surface area contributed by atoms with Crippen molar-refractivity contribution >= 4 is 34.3 Å². The van der Waals surface area contributed by atoms with Gasteiger partial charge in [0.2, 0.25) is 0 Å². The van der Waals surface area contributed by atoms with Gasteiger partial charge in [0, 0.05) is 10.1 Å². The molecular weight excluding hydrogens is 431 g/mol. The second kappa shape index (κ2) is 10.1. The molecule has 134 valence electrons. The first-order valence-corrected chi connectivity index (χ1v) is 9.39. The predicted molar refractivity (Wildman–Crippen MR) is 109 cm³/mol. The Morgan fingerprint density at radius 1 is 1.04 bits per heavy atom. The molecule has 0 spiro atoms. The summed E-state index contributed by atoms with van der Waals surface area (Å²) in [5.41, 5.74) is 1.89. The minimum atomic E-state index is -0.208. The Kier molecular flexibility index (Phi) is 7.84. The molecule has 2 N–H and O–H groups in total. The van der Waals surface area contributed by atoms with Gasteiger partial charge in [0.15, 0.2) is 11.5 Å². The molecule has 0 fully saturated rings. The lowest BCUT2D eigenvalue weighted by molar-refractivity contribution is 0.252. The van der Waals surface area contributed by atoms with Crippen LogP contribution in [0.1, 0.15) is 19.4 Å².